The molecule has 0 radical (unpaired) electrons. The van der Waals surface area contributed by atoms with Gasteiger partial charge >= 0.3 is 0 Å². The summed E-state index contributed by atoms with van der Waals surface area (Å²) in [6, 6.07) is 13.7. The molecule has 0 bridgehead atoms. The van der Waals surface area contributed by atoms with Gasteiger partial charge in [0.1, 0.15) is 5.65 Å². The monoisotopic (exact) mass is 446 g/mol. The maximum atomic E-state index is 12.4. The fraction of sp³-hybridized carbons (Fsp3) is 0.304. The predicted molar refractivity (Wildman–Crippen MR) is 131 cm³/mol. The molecule has 4 rings (SSSR count). The molecule has 0 unspecified atom stereocenters. The molecule has 2 aromatic heterocycles. The van der Waals surface area contributed by atoms with Crippen molar-refractivity contribution in [2.24, 2.45) is 18.7 Å². The number of carbonyl (C=O) groups excluding carboxylic acids is 1. The first kappa shape index (κ1) is 23.9. The molecule has 1 atom stereocenters. The van der Waals surface area contributed by atoms with Gasteiger partial charge in [-0.2, -0.15) is 0 Å². The highest BCUT2D eigenvalue weighted by Gasteiger charge is 2.18. The molecule has 0 fully saturated rings. The third-order valence-electron chi connectivity index (χ3n) is 5.41. The first-order valence-electron chi connectivity index (χ1n) is 9.70. The van der Waals surface area contributed by atoms with Crippen molar-refractivity contribution in [3.63, 3.8) is 0 Å². The van der Waals surface area contributed by atoms with Crippen LogP contribution in [-0.4, -0.2) is 21.5 Å². The SMILES string of the molecule is Cc1c2ccccc2nc2c1c1cc(NC(=O)[C@@H](N)CC(C)C)ccc1n2C.Cl.Cl. The number of aromatic nitrogens is 2. The number of fused-ring (bicyclic) bond motifs is 4. The second-order valence-corrected chi connectivity index (χ2v) is 7.97. The van der Waals surface area contributed by atoms with Crippen molar-refractivity contribution in [2.75, 3.05) is 5.32 Å². The Hall–Kier alpha value is -2.34. The Morgan fingerprint density at radius 1 is 1.13 bits per heavy atom. The van der Waals surface area contributed by atoms with Gasteiger partial charge in [-0.15, -0.1) is 24.8 Å². The lowest BCUT2D eigenvalue weighted by molar-refractivity contribution is -0.117. The Morgan fingerprint density at radius 2 is 1.83 bits per heavy atom. The van der Waals surface area contributed by atoms with Gasteiger partial charge in [-0.3, -0.25) is 4.79 Å². The summed E-state index contributed by atoms with van der Waals surface area (Å²) >= 11 is 0. The van der Waals surface area contributed by atoms with Crippen LogP contribution >= 0.6 is 24.8 Å². The van der Waals surface area contributed by atoms with Gasteiger partial charge in [0, 0.05) is 28.9 Å². The number of pyridine rings is 1. The van der Waals surface area contributed by atoms with Crippen LogP contribution in [0, 0.1) is 12.8 Å². The van der Waals surface area contributed by atoms with Crippen LogP contribution in [0.1, 0.15) is 25.8 Å². The molecule has 3 N–H and O–H groups in total. The van der Waals surface area contributed by atoms with E-state index in [-0.39, 0.29) is 30.7 Å². The second kappa shape index (κ2) is 9.21. The van der Waals surface area contributed by atoms with E-state index in [1.54, 1.807) is 0 Å². The average molecular weight is 447 g/mol. The number of nitrogens with zero attached hydrogens (tertiary/aromatic N) is 2. The lowest BCUT2D eigenvalue weighted by Crippen LogP contribution is -2.36. The van der Waals surface area contributed by atoms with Crippen LogP contribution in [0.15, 0.2) is 42.5 Å². The quantitative estimate of drug-likeness (QED) is 0.443. The van der Waals surface area contributed by atoms with Crippen molar-refractivity contribution in [2.45, 2.75) is 33.2 Å². The summed E-state index contributed by atoms with van der Waals surface area (Å²) in [5, 5.41) is 6.34. The molecule has 0 aliphatic carbocycles. The van der Waals surface area contributed by atoms with Crippen molar-refractivity contribution in [3.8, 4) is 0 Å². The van der Waals surface area contributed by atoms with Gasteiger partial charge < -0.3 is 15.6 Å². The van der Waals surface area contributed by atoms with Gasteiger partial charge in [0.2, 0.25) is 5.91 Å². The molecule has 0 saturated carbocycles. The van der Waals surface area contributed by atoms with E-state index < -0.39 is 6.04 Å². The molecule has 2 heterocycles. The number of hydrogen-bond acceptors (Lipinski definition) is 3. The number of halogens is 2. The summed E-state index contributed by atoms with van der Waals surface area (Å²) in [6.07, 6.45) is 0.664. The molecule has 30 heavy (non-hydrogen) atoms. The third-order valence-corrected chi connectivity index (χ3v) is 5.41. The topological polar surface area (TPSA) is 72.9 Å². The summed E-state index contributed by atoms with van der Waals surface area (Å²) < 4.78 is 2.11. The summed E-state index contributed by atoms with van der Waals surface area (Å²) in [7, 11) is 2.03. The van der Waals surface area contributed by atoms with E-state index in [0.29, 0.717) is 12.3 Å². The Kier molecular flexibility index (Phi) is 7.35. The van der Waals surface area contributed by atoms with Crippen molar-refractivity contribution in [1.82, 2.24) is 9.55 Å². The zero-order valence-corrected chi connectivity index (χ0v) is 19.2. The van der Waals surface area contributed by atoms with Crippen LogP contribution < -0.4 is 11.1 Å². The van der Waals surface area contributed by atoms with Crippen molar-refractivity contribution >= 4 is 69.2 Å². The minimum absolute atomic E-state index is 0. The van der Waals surface area contributed by atoms with E-state index in [0.717, 1.165) is 38.5 Å². The highest BCUT2D eigenvalue weighted by molar-refractivity contribution is 6.13. The van der Waals surface area contributed by atoms with E-state index >= 15 is 0 Å². The van der Waals surface area contributed by atoms with Crippen molar-refractivity contribution < 1.29 is 4.79 Å². The number of amides is 1. The lowest BCUT2D eigenvalue weighted by Gasteiger charge is -2.14. The molecule has 1 amide bonds. The number of nitrogens with two attached hydrogens (primary N) is 1. The number of para-hydroxylation sites is 1. The largest absolute Gasteiger partial charge is 0.328 e. The van der Waals surface area contributed by atoms with Crippen LogP contribution in [0.3, 0.4) is 0 Å². The molecule has 0 aliphatic heterocycles. The van der Waals surface area contributed by atoms with E-state index in [2.05, 4.69) is 36.7 Å². The molecule has 160 valence electrons. The summed E-state index contributed by atoms with van der Waals surface area (Å²) in [5.74, 6) is 0.233. The van der Waals surface area contributed by atoms with E-state index in [1.807, 2.05) is 43.4 Å². The molecule has 5 nitrogen and oxygen atoms in total. The number of anilines is 1. The van der Waals surface area contributed by atoms with Gasteiger partial charge in [-0.25, -0.2) is 4.98 Å². The Balaban J connectivity index is 0.00000160. The first-order chi connectivity index (χ1) is 13.4. The molecule has 2 aromatic carbocycles. The number of hydrogen-bond donors (Lipinski definition) is 2. The second-order valence-electron chi connectivity index (χ2n) is 7.97. The van der Waals surface area contributed by atoms with Crippen LogP contribution in [0.25, 0.3) is 32.8 Å². The Morgan fingerprint density at radius 3 is 2.53 bits per heavy atom. The number of benzene rings is 2. The third kappa shape index (κ3) is 4.10. The van der Waals surface area contributed by atoms with Crippen molar-refractivity contribution in [1.29, 1.82) is 0 Å². The number of aryl methyl sites for hydroxylation is 2. The maximum absolute atomic E-state index is 12.4. The van der Waals surface area contributed by atoms with Gasteiger partial charge in [0.15, 0.2) is 0 Å². The van der Waals surface area contributed by atoms with Gasteiger partial charge in [-0.05, 0) is 49.1 Å². The molecule has 7 heteroatoms. The zero-order valence-electron chi connectivity index (χ0n) is 17.6. The fourth-order valence-corrected chi connectivity index (χ4v) is 4.00. The smallest absolute Gasteiger partial charge is 0.241 e. The molecule has 0 spiro atoms. The molecular formula is C23H28Cl2N4O. The predicted octanol–water partition coefficient (Wildman–Crippen LogP) is 5.34. The maximum Gasteiger partial charge on any atom is 0.241 e. The minimum atomic E-state index is -0.504. The molecule has 0 aliphatic rings. The Labute approximate surface area is 188 Å². The molecule has 4 aromatic rings. The summed E-state index contributed by atoms with van der Waals surface area (Å²) in [5.41, 5.74) is 11.0. The van der Waals surface area contributed by atoms with Crippen LogP contribution in [-0.2, 0) is 11.8 Å². The minimum Gasteiger partial charge on any atom is -0.328 e. The Bertz CT molecular complexity index is 1220. The highest BCUT2D eigenvalue weighted by atomic mass is 35.5. The van der Waals surface area contributed by atoms with Gasteiger partial charge in [-0.1, -0.05) is 32.0 Å². The normalized spacial score (nSPS) is 12.1. The number of carbonyl (C=O) groups is 1. The standard InChI is InChI=1S/C23H26N4O.2ClH/c1-13(2)11-18(24)23(28)25-15-9-10-20-17(12-15)21-14(3)16-7-5-6-8-19(16)26-22(21)27(20)4;;/h5-10,12-13,18H,11,24H2,1-4H3,(H,25,28);2*1H/t18-;;/m0../s1. The lowest BCUT2D eigenvalue weighted by atomic mass is 10.0. The van der Waals surface area contributed by atoms with E-state index in [9.17, 15) is 4.79 Å². The number of rotatable bonds is 4. The van der Waals surface area contributed by atoms with E-state index in [1.165, 1.54) is 5.56 Å². The van der Waals surface area contributed by atoms with Crippen molar-refractivity contribution in [3.05, 3.63) is 48.0 Å². The highest BCUT2D eigenvalue weighted by Crippen LogP contribution is 2.34. The summed E-state index contributed by atoms with van der Waals surface area (Å²) in [6.45, 7) is 6.26. The zero-order chi connectivity index (χ0) is 20.0. The van der Waals surface area contributed by atoms with Crippen LogP contribution in [0.4, 0.5) is 5.69 Å². The van der Waals surface area contributed by atoms with Gasteiger partial charge in [0.25, 0.3) is 0 Å². The van der Waals surface area contributed by atoms with Gasteiger partial charge in [0.05, 0.1) is 17.1 Å². The molecular weight excluding hydrogens is 419 g/mol. The summed E-state index contributed by atoms with van der Waals surface area (Å²) in [4.78, 5) is 17.3. The van der Waals surface area contributed by atoms with Crippen LogP contribution in [0.5, 0.6) is 0 Å². The average Bonchev–Trinajstić information content (AvgIpc) is 2.93. The van der Waals surface area contributed by atoms with Crippen LogP contribution in [0.2, 0.25) is 0 Å². The molecule has 0 saturated heterocycles. The number of nitrogens with one attached hydrogen (secondary N) is 1. The fourth-order valence-electron chi connectivity index (χ4n) is 4.00. The van der Waals surface area contributed by atoms with E-state index in [4.69, 9.17) is 10.7 Å². The first-order valence-corrected chi connectivity index (χ1v) is 9.70.